The fraction of sp³-hybridized carbons (Fsp3) is 0.333. The summed E-state index contributed by atoms with van der Waals surface area (Å²) in [4.78, 5) is 0. The van der Waals surface area contributed by atoms with Crippen molar-refractivity contribution in [3.63, 3.8) is 0 Å². The van der Waals surface area contributed by atoms with Gasteiger partial charge >= 0.3 is 6.18 Å². The van der Waals surface area contributed by atoms with Crippen LogP contribution in [-0.4, -0.2) is 0 Å². The first kappa shape index (κ1) is 17.3. The minimum Gasteiger partial charge on any atom is -0.324 e. The summed E-state index contributed by atoms with van der Waals surface area (Å²) in [6, 6.07) is 3.19. The van der Waals surface area contributed by atoms with Crippen LogP contribution in [0.5, 0.6) is 0 Å². The van der Waals surface area contributed by atoms with Gasteiger partial charge in [-0.25, -0.2) is 0 Å². The molecule has 0 unspecified atom stereocenters. The Morgan fingerprint density at radius 2 is 2.00 bits per heavy atom. The summed E-state index contributed by atoms with van der Waals surface area (Å²) in [5, 5.41) is -0.325. The normalized spacial score (nSPS) is 12.8. The predicted molar refractivity (Wildman–Crippen MR) is 70.1 cm³/mol. The van der Waals surface area contributed by atoms with E-state index in [1.165, 1.54) is 12.1 Å². The summed E-state index contributed by atoms with van der Waals surface area (Å²) < 4.78 is 37.8. The molecule has 0 aromatic heterocycles. The average Bonchev–Trinajstić information content (AvgIpc) is 2.14. The SMILES string of the molecule is C=C(C)C[C@@H](N)c1cccc(C(F)(F)F)c1Cl.Cl. The summed E-state index contributed by atoms with van der Waals surface area (Å²) >= 11 is 5.74. The standard InChI is InChI=1S/C12H13ClF3N.ClH/c1-7(2)6-10(17)8-4-3-5-9(11(8)13)12(14,15)16;/h3-5,10H,1,6,17H2,2H3;1H/t10-;/m1./s1. The molecule has 0 aliphatic heterocycles. The molecule has 0 heterocycles. The van der Waals surface area contributed by atoms with Gasteiger partial charge in [-0.15, -0.1) is 19.0 Å². The van der Waals surface area contributed by atoms with Crippen LogP contribution in [0.4, 0.5) is 13.2 Å². The summed E-state index contributed by atoms with van der Waals surface area (Å²) in [6.07, 6.45) is -4.06. The second-order valence-corrected chi connectivity index (χ2v) is 4.35. The second kappa shape index (κ2) is 6.45. The van der Waals surface area contributed by atoms with E-state index in [0.29, 0.717) is 12.0 Å². The molecule has 0 aliphatic carbocycles. The third kappa shape index (κ3) is 4.19. The molecular weight excluding hydrogens is 286 g/mol. The second-order valence-electron chi connectivity index (χ2n) is 3.97. The van der Waals surface area contributed by atoms with Gasteiger partial charge in [-0.1, -0.05) is 29.3 Å². The van der Waals surface area contributed by atoms with Gasteiger partial charge in [-0.05, 0) is 25.0 Å². The lowest BCUT2D eigenvalue weighted by molar-refractivity contribution is -0.137. The van der Waals surface area contributed by atoms with Gasteiger partial charge in [0.15, 0.2) is 0 Å². The van der Waals surface area contributed by atoms with Crippen LogP contribution in [-0.2, 0) is 6.18 Å². The van der Waals surface area contributed by atoms with Gasteiger partial charge in [0.05, 0.1) is 10.6 Å². The molecule has 1 aromatic rings. The van der Waals surface area contributed by atoms with Crippen LogP contribution in [0.1, 0.15) is 30.5 Å². The maximum Gasteiger partial charge on any atom is 0.417 e. The smallest absolute Gasteiger partial charge is 0.324 e. The molecule has 1 aromatic carbocycles. The molecule has 1 nitrogen and oxygen atoms in total. The van der Waals surface area contributed by atoms with E-state index in [-0.39, 0.29) is 17.4 Å². The van der Waals surface area contributed by atoms with Crippen molar-refractivity contribution in [3.8, 4) is 0 Å². The molecule has 18 heavy (non-hydrogen) atoms. The largest absolute Gasteiger partial charge is 0.417 e. The zero-order chi connectivity index (χ0) is 13.2. The highest BCUT2D eigenvalue weighted by Gasteiger charge is 2.34. The van der Waals surface area contributed by atoms with E-state index in [1.807, 2.05) is 0 Å². The summed E-state index contributed by atoms with van der Waals surface area (Å²) in [5.74, 6) is 0. The van der Waals surface area contributed by atoms with Crippen molar-refractivity contribution in [1.29, 1.82) is 0 Å². The van der Waals surface area contributed by atoms with Crippen molar-refractivity contribution in [2.75, 3.05) is 0 Å². The van der Waals surface area contributed by atoms with E-state index >= 15 is 0 Å². The van der Waals surface area contributed by atoms with Gasteiger partial charge in [0.25, 0.3) is 0 Å². The molecule has 102 valence electrons. The molecule has 0 spiro atoms. The molecule has 0 bridgehead atoms. The first-order valence-electron chi connectivity index (χ1n) is 4.99. The lowest BCUT2D eigenvalue weighted by Crippen LogP contribution is -2.14. The number of nitrogens with two attached hydrogens (primary N) is 1. The minimum absolute atomic E-state index is 0. The zero-order valence-corrected chi connectivity index (χ0v) is 11.3. The van der Waals surface area contributed by atoms with Crippen LogP contribution in [0, 0.1) is 0 Å². The van der Waals surface area contributed by atoms with Gasteiger partial charge in [0.2, 0.25) is 0 Å². The Kier molecular flexibility index (Phi) is 6.20. The van der Waals surface area contributed by atoms with Crippen molar-refractivity contribution in [1.82, 2.24) is 0 Å². The van der Waals surface area contributed by atoms with Gasteiger partial charge in [0.1, 0.15) is 0 Å². The van der Waals surface area contributed by atoms with Gasteiger partial charge in [0, 0.05) is 6.04 Å². The molecular formula is C12H14Cl2F3N. The number of rotatable bonds is 3. The third-order valence-electron chi connectivity index (χ3n) is 2.30. The first-order chi connectivity index (χ1) is 7.73. The number of benzene rings is 1. The molecule has 2 N–H and O–H groups in total. The predicted octanol–water partition coefficient (Wildman–Crippen LogP) is 4.75. The fourth-order valence-electron chi connectivity index (χ4n) is 1.54. The van der Waals surface area contributed by atoms with Gasteiger partial charge < -0.3 is 5.73 Å². The topological polar surface area (TPSA) is 26.0 Å². The lowest BCUT2D eigenvalue weighted by atomic mass is 9.99. The Balaban J connectivity index is 0.00000289. The lowest BCUT2D eigenvalue weighted by Gasteiger charge is -2.17. The van der Waals surface area contributed by atoms with Crippen molar-refractivity contribution in [3.05, 3.63) is 46.5 Å². The summed E-state index contributed by atoms with van der Waals surface area (Å²) in [6.45, 7) is 5.44. The molecule has 0 saturated heterocycles. The minimum atomic E-state index is -4.46. The van der Waals surface area contributed by atoms with Crippen molar-refractivity contribution in [2.24, 2.45) is 5.73 Å². The molecule has 1 atom stereocenters. The number of alkyl halides is 3. The highest BCUT2D eigenvalue weighted by Crippen LogP contribution is 2.38. The van der Waals surface area contributed by atoms with E-state index in [9.17, 15) is 13.2 Å². The summed E-state index contributed by atoms with van der Waals surface area (Å²) in [5.41, 5.74) is 6.04. The zero-order valence-electron chi connectivity index (χ0n) is 9.72. The van der Waals surface area contributed by atoms with Crippen molar-refractivity contribution < 1.29 is 13.2 Å². The Hall–Kier alpha value is -0.710. The molecule has 0 aliphatic rings. The first-order valence-corrected chi connectivity index (χ1v) is 5.37. The van der Waals surface area contributed by atoms with Crippen LogP contribution in [0.15, 0.2) is 30.4 Å². The maximum absolute atomic E-state index is 12.6. The Bertz CT molecular complexity index is 430. The van der Waals surface area contributed by atoms with Crippen molar-refractivity contribution >= 4 is 24.0 Å². The highest BCUT2D eigenvalue weighted by atomic mass is 35.5. The molecule has 6 heteroatoms. The van der Waals surface area contributed by atoms with Gasteiger partial charge in [-0.2, -0.15) is 13.2 Å². The van der Waals surface area contributed by atoms with Crippen LogP contribution >= 0.6 is 24.0 Å². The van der Waals surface area contributed by atoms with Crippen LogP contribution in [0.25, 0.3) is 0 Å². The van der Waals surface area contributed by atoms with E-state index in [0.717, 1.165) is 11.6 Å². The fourth-order valence-corrected chi connectivity index (χ4v) is 1.91. The molecule has 0 radical (unpaired) electrons. The number of hydrogen-bond donors (Lipinski definition) is 1. The van der Waals surface area contributed by atoms with Crippen molar-refractivity contribution in [2.45, 2.75) is 25.6 Å². The van der Waals surface area contributed by atoms with Crippen LogP contribution in [0.2, 0.25) is 5.02 Å². The van der Waals surface area contributed by atoms with Crippen LogP contribution < -0.4 is 5.73 Å². The average molecular weight is 300 g/mol. The third-order valence-corrected chi connectivity index (χ3v) is 2.72. The number of hydrogen-bond acceptors (Lipinski definition) is 1. The van der Waals surface area contributed by atoms with E-state index in [4.69, 9.17) is 17.3 Å². The van der Waals surface area contributed by atoms with E-state index in [1.54, 1.807) is 6.92 Å². The highest BCUT2D eigenvalue weighted by molar-refractivity contribution is 6.32. The maximum atomic E-state index is 12.6. The molecule has 1 rings (SSSR count). The van der Waals surface area contributed by atoms with E-state index in [2.05, 4.69) is 6.58 Å². The molecule has 0 fully saturated rings. The van der Waals surface area contributed by atoms with Crippen LogP contribution in [0.3, 0.4) is 0 Å². The Labute approximate surface area is 115 Å². The Morgan fingerprint density at radius 1 is 1.44 bits per heavy atom. The number of halogens is 5. The molecule has 0 saturated carbocycles. The van der Waals surface area contributed by atoms with Gasteiger partial charge in [-0.3, -0.25) is 0 Å². The van der Waals surface area contributed by atoms with E-state index < -0.39 is 17.8 Å². The summed E-state index contributed by atoms with van der Waals surface area (Å²) in [7, 11) is 0. The molecule has 0 amide bonds. The Morgan fingerprint density at radius 3 is 2.44 bits per heavy atom. The monoisotopic (exact) mass is 299 g/mol. The quantitative estimate of drug-likeness (QED) is 0.801.